The van der Waals surface area contributed by atoms with Gasteiger partial charge in [0.1, 0.15) is 5.76 Å². The van der Waals surface area contributed by atoms with Crippen molar-refractivity contribution in [2.24, 2.45) is 11.7 Å². The summed E-state index contributed by atoms with van der Waals surface area (Å²) in [7, 11) is 0. The smallest absolute Gasteiger partial charge is 0.248 e. The van der Waals surface area contributed by atoms with Crippen molar-refractivity contribution in [3.63, 3.8) is 0 Å². The number of pyridine rings is 1. The molecule has 27 heavy (non-hydrogen) atoms. The van der Waals surface area contributed by atoms with Gasteiger partial charge in [0.05, 0.1) is 0 Å². The third-order valence-electron chi connectivity index (χ3n) is 4.29. The van der Waals surface area contributed by atoms with Crippen molar-refractivity contribution in [1.29, 1.82) is 0 Å². The van der Waals surface area contributed by atoms with E-state index < -0.39 is 11.7 Å². The zero-order valence-corrected chi connectivity index (χ0v) is 14.9. The lowest BCUT2D eigenvalue weighted by molar-refractivity contribution is 0.1000. The van der Waals surface area contributed by atoms with E-state index in [-0.39, 0.29) is 11.3 Å². The Labute approximate surface area is 157 Å². The van der Waals surface area contributed by atoms with Crippen LogP contribution in [0.5, 0.6) is 5.75 Å². The predicted octanol–water partition coefficient (Wildman–Crippen LogP) is 2.99. The third-order valence-corrected chi connectivity index (χ3v) is 4.29. The highest BCUT2D eigenvalue weighted by atomic mass is 19.1. The molecule has 0 bridgehead atoms. The zero-order valence-electron chi connectivity index (χ0n) is 14.9. The molecule has 0 saturated heterocycles. The lowest BCUT2D eigenvalue weighted by Crippen LogP contribution is -2.25. The molecule has 0 saturated carbocycles. The molecule has 3 N–H and O–H groups in total. The molecule has 0 spiro atoms. The number of primary amides is 1. The minimum Gasteiger partial charge on any atom is -0.455 e. The molecule has 1 atom stereocenters. The van der Waals surface area contributed by atoms with Crippen molar-refractivity contribution in [3.05, 3.63) is 83.7 Å². The quantitative estimate of drug-likeness (QED) is 0.703. The van der Waals surface area contributed by atoms with Crippen LogP contribution in [0, 0.1) is 11.7 Å². The number of nitrogens with zero attached hydrogens (tertiary/aromatic N) is 1. The fourth-order valence-corrected chi connectivity index (χ4v) is 2.79. The SMILES string of the molecule is NC(=O)c1ccc(OC2=CCC(CNCCc3ccccn3)C=C2)c(F)c1. The van der Waals surface area contributed by atoms with E-state index >= 15 is 0 Å². The number of hydrogen-bond acceptors (Lipinski definition) is 4. The van der Waals surface area contributed by atoms with E-state index in [4.69, 9.17) is 10.5 Å². The number of hydrogen-bond donors (Lipinski definition) is 2. The standard InChI is InChI=1S/C21H22FN3O2/c22-19-13-16(21(23)26)6-9-20(19)27-18-7-4-15(5-8-18)14-24-12-10-17-3-1-2-11-25-17/h1-4,6-9,11,13,15,24H,5,10,12,14H2,(H2,23,26). The van der Waals surface area contributed by atoms with Gasteiger partial charge in [0.2, 0.25) is 5.91 Å². The number of carbonyl (C=O) groups is 1. The highest BCUT2D eigenvalue weighted by molar-refractivity contribution is 5.92. The summed E-state index contributed by atoms with van der Waals surface area (Å²) in [5.41, 5.74) is 6.33. The molecule has 5 nitrogen and oxygen atoms in total. The van der Waals surface area contributed by atoms with Crippen LogP contribution in [0.15, 0.2) is 66.6 Å². The molecule has 0 aliphatic heterocycles. The van der Waals surface area contributed by atoms with E-state index in [1.807, 2.05) is 30.4 Å². The van der Waals surface area contributed by atoms with E-state index in [0.29, 0.717) is 11.7 Å². The maximum Gasteiger partial charge on any atom is 0.248 e. The molecule has 3 rings (SSSR count). The molecule has 1 heterocycles. The Balaban J connectivity index is 1.43. The summed E-state index contributed by atoms with van der Waals surface area (Å²) < 4.78 is 19.6. The van der Waals surface area contributed by atoms with Crippen molar-refractivity contribution in [2.75, 3.05) is 13.1 Å². The molecule has 1 aromatic heterocycles. The summed E-state index contributed by atoms with van der Waals surface area (Å²) in [4.78, 5) is 15.4. The molecule has 0 fully saturated rings. The normalized spacial score (nSPS) is 16.0. The van der Waals surface area contributed by atoms with Gasteiger partial charge in [-0.25, -0.2) is 4.39 Å². The number of allylic oxidation sites excluding steroid dienone is 2. The van der Waals surface area contributed by atoms with Crippen LogP contribution in [0.2, 0.25) is 0 Å². The van der Waals surface area contributed by atoms with Crippen molar-refractivity contribution < 1.29 is 13.9 Å². The molecule has 1 aromatic carbocycles. The summed E-state index contributed by atoms with van der Waals surface area (Å²) in [6.45, 7) is 1.72. The molecule has 1 aliphatic rings. The van der Waals surface area contributed by atoms with Crippen molar-refractivity contribution in [1.82, 2.24) is 10.3 Å². The number of nitrogens with one attached hydrogen (secondary N) is 1. The highest BCUT2D eigenvalue weighted by Gasteiger charge is 2.13. The van der Waals surface area contributed by atoms with Crippen molar-refractivity contribution in [3.8, 4) is 5.75 Å². The topological polar surface area (TPSA) is 77.2 Å². The zero-order chi connectivity index (χ0) is 19.1. The van der Waals surface area contributed by atoms with E-state index in [2.05, 4.69) is 16.4 Å². The summed E-state index contributed by atoms with van der Waals surface area (Å²) in [5, 5.41) is 3.43. The van der Waals surface area contributed by atoms with Gasteiger partial charge < -0.3 is 15.8 Å². The number of halogens is 1. The first-order valence-corrected chi connectivity index (χ1v) is 8.88. The molecule has 140 valence electrons. The van der Waals surface area contributed by atoms with Gasteiger partial charge in [-0.3, -0.25) is 9.78 Å². The number of amides is 1. The molecular formula is C21H22FN3O2. The number of nitrogens with two attached hydrogens (primary N) is 1. The molecule has 1 amide bonds. The first-order chi connectivity index (χ1) is 13.1. The van der Waals surface area contributed by atoms with Gasteiger partial charge in [-0.05, 0) is 54.8 Å². The average molecular weight is 367 g/mol. The minimum atomic E-state index is -0.671. The van der Waals surface area contributed by atoms with Crippen LogP contribution in [-0.2, 0) is 6.42 Å². The summed E-state index contributed by atoms with van der Waals surface area (Å²) in [6, 6.07) is 9.86. The summed E-state index contributed by atoms with van der Waals surface area (Å²) in [5.74, 6) is -0.258. The fraction of sp³-hybridized carbons (Fsp3) is 0.238. The molecule has 1 aliphatic carbocycles. The molecule has 2 aromatic rings. The number of carbonyl (C=O) groups excluding carboxylic acids is 1. The van der Waals surface area contributed by atoms with Crippen LogP contribution in [0.3, 0.4) is 0 Å². The number of benzene rings is 1. The van der Waals surface area contributed by atoms with Gasteiger partial charge >= 0.3 is 0 Å². The summed E-state index contributed by atoms with van der Waals surface area (Å²) >= 11 is 0. The van der Waals surface area contributed by atoms with Crippen molar-refractivity contribution in [2.45, 2.75) is 12.8 Å². The maximum absolute atomic E-state index is 14.0. The average Bonchev–Trinajstić information content (AvgIpc) is 2.68. The van der Waals surface area contributed by atoms with Crippen LogP contribution < -0.4 is 15.8 Å². The van der Waals surface area contributed by atoms with Crippen LogP contribution in [-0.4, -0.2) is 24.0 Å². The van der Waals surface area contributed by atoms with Gasteiger partial charge in [-0.2, -0.15) is 0 Å². The molecule has 1 unspecified atom stereocenters. The lowest BCUT2D eigenvalue weighted by Gasteiger charge is -2.17. The Bertz CT molecular complexity index is 850. The first-order valence-electron chi connectivity index (χ1n) is 8.88. The van der Waals surface area contributed by atoms with Crippen LogP contribution >= 0.6 is 0 Å². The Morgan fingerprint density at radius 3 is 2.89 bits per heavy atom. The minimum absolute atomic E-state index is 0.0721. The van der Waals surface area contributed by atoms with Crippen LogP contribution in [0.25, 0.3) is 0 Å². The van der Waals surface area contributed by atoms with Crippen molar-refractivity contribution >= 4 is 5.91 Å². The number of ether oxygens (including phenoxy) is 1. The van der Waals surface area contributed by atoms with Gasteiger partial charge in [-0.1, -0.05) is 12.1 Å². The van der Waals surface area contributed by atoms with E-state index in [0.717, 1.165) is 37.7 Å². The second-order valence-electron chi connectivity index (χ2n) is 6.35. The Morgan fingerprint density at radius 2 is 2.22 bits per heavy atom. The van der Waals surface area contributed by atoms with Gasteiger partial charge in [0.15, 0.2) is 11.6 Å². The summed E-state index contributed by atoms with van der Waals surface area (Å²) in [6.07, 6.45) is 9.34. The van der Waals surface area contributed by atoms with E-state index in [1.54, 1.807) is 6.20 Å². The van der Waals surface area contributed by atoms with Crippen LogP contribution in [0.4, 0.5) is 4.39 Å². The van der Waals surface area contributed by atoms with Gasteiger partial charge in [-0.15, -0.1) is 0 Å². The Morgan fingerprint density at radius 1 is 1.33 bits per heavy atom. The Hall–Kier alpha value is -2.99. The molecular weight excluding hydrogens is 345 g/mol. The molecule has 0 radical (unpaired) electrons. The second kappa shape index (κ2) is 9.09. The largest absolute Gasteiger partial charge is 0.455 e. The second-order valence-corrected chi connectivity index (χ2v) is 6.35. The molecule has 6 heteroatoms. The third kappa shape index (κ3) is 5.49. The van der Waals surface area contributed by atoms with Gasteiger partial charge in [0.25, 0.3) is 0 Å². The lowest BCUT2D eigenvalue weighted by atomic mass is 10.00. The Kier molecular flexibility index (Phi) is 6.33. The predicted molar refractivity (Wildman–Crippen MR) is 102 cm³/mol. The van der Waals surface area contributed by atoms with E-state index in [9.17, 15) is 9.18 Å². The maximum atomic E-state index is 14.0. The van der Waals surface area contributed by atoms with Gasteiger partial charge in [0, 0.05) is 37.0 Å². The van der Waals surface area contributed by atoms with Crippen LogP contribution in [0.1, 0.15) is 22.5 Å². The number of aromatic nitrogens is 1. The fourth-order valence-electron chi connectivity index (χ4n) is 2.79. The first kappa shape index (κ1) is 18.8. The highest BCUT2D eigenvalue weighted by Crippen LogP contribution is 2.24. The monoisotopic (exact) mass is 367 g/mol. The number of rotatable bonds is 8. The van der Waals surface area contributed by atoms with E-state index in [1.165, 1.54) is 12.1 Å².